The van der Waals surface area contributed by atoms with E-state index in [4.69, 9.17) is 14.2 Å². The highest BCUT2D eigenvalue weighted by Crippen LogP contribution is 2.25. The number of carbonyl (C=O) groups excluding carboxylic acids is 1. The predicted octanol–water partition coefficient (Wildman–Crippen LogP) is 2.74. The van der Waals surface area contributed by atoms with Crippen molar-refractivity contribution >= 4 is 5.91 Å². The van der Waals surface area contributed by atoms with E-state index < -0.39 is 0 Å². The zero-order valence-corrected chi connectivity index (χ0v) is 13.6. The van der Waals surface area contributed by atoms with E-state index in [9.17, 15) is 4.79 Å². The molecule has 0 saturated heterocycles. The Kier molecular flexibility index (Phi) is 5.86. The number of rotatable bonds is 7. The van der Waals surface area contributed by atoms with Gasteiger partial charge in [0.15, 0.2) is 18.1 Å². The quantitative estimate of drug-likeness (QED) is 0.788. The van der Waals surface area contributed by atoms with Crippen molar-refractivity contribution in [3.63, 3.8) is 0 Å². The molecule has 2 aromatic carbocycles. The van der Waals surface area contributed by atoms with Crippen molar-refractivity contribution in [2.24, 2.45) is 0 Å². The van der Waals surface area contributed by atoms with Gasteiger partial charge in [-0.25, -0.2) is 0 Å². The van der Waals surface area contributed by atoms with Gasteiger partial charge in [-0.05, 0) is 18.2 Å². The van der Waals surface area contributed by atoms with E-state index in [1.807, 2.05) is 36.4 Å². The number of hydrogen-bond donors (Lipinski definition) is 0. The van der Waals surface area contributed by atoms with E-state index >= 15 is 0 Å². The summed E-state index contributed by atoms with van der Waals surface area (Å²) in [5.41, 5.74) is 0.947. The maximum Gasteiger partial charge on any atom is 0.260 e. The molecule has 23 heavy (non-hydrogen) atoms. The molecule has 0 saturated carbocycles. The van der Waals surface area contributed by atoms with Crippen molar-refractivity contribution in [2.45, 2.75) is 6.54 Å². The van der Waals surface area contributed by atoms with Gasteiger partial charge in [0.05, 0.1) is 14.2 Å². The fourth-order valence-electron chi connectivity index (χ4n) is 2.17. The van der Waals surface area contributed by atoms with Gasteiger partial charge in [0, 0.05) is 19.2 Å². The van der Waals surface area contributed by atoms with Crippen molar-refractivity contribution < 1.29 is 19.0 Å². The second kappa shape index (κ2) is 8.08. The van der Waals surface area contributed by atoms with Crippen LogP contribution < -0.4 is 14.2 Å². The van der Waals surface area contributed by atoms with E-state index in [-0.39, 0.29) is 12.5 Å². The van der Waals surface area contributed by atoms with E-state index in [1.54, 1.807) is 38.3 Å². The van der Waals surface area contributed by atoms with Crippen LogP contribution in [0.5, 0.6) is 17.2 Å². The first kappa shape index (κ1) is 16.7. The molecule has 0 aliphatic heterocycles. The van der Waals surface area contributed by atoms with Gasteiger partial charge in [0.25, 0.3) is 5.91 Å². The zero-order valence-electron chi connectivity index (χ0n) is 13.6. The molecule has 0 aliphatic rings. The number of likely N-dealkylation sites (N-methyl/N-ethyl adjacent to an activating group) is 1. The number of ether oxygens (including phenoxy) is 3. The zero-order chi connectivity index (χ0) is 16.7. The molecule has 0 N–H and O–H groups in total. The number of para-hydroxylation sites is 3. The molecule has 1 amide bonds. The minimum atomic E-state index is -0.123. The van der Waals surface area contributed by atoms with Crippen molar-refractivity contribution in [3.05, 3.63) is 54.1 Å². The van der Waals surface area contributed by atoms with Gasteiger partial charge in [-0.1, -0.05) is 30.3 Å². The molecule has 0 aliphatic carbocycles. The average Bonchev–Trinajstić information content (AvgIpc) is 2.60. The maximum absolute atomic E-state index is 12.2. The number of carbonyl (C=O) groups is 1. The number of nitrogens with zero attached hydrogens (tertiary/aromatic N) is 1. The highest BCUT2D eigenvalue weighted by atomic mass is 16.5. The molecule has 0 spiro atoms. The van der Waals surface area contributed by atoms with Crippen LogP contribution in [0, 0.1) is 0 Å². The molecule has 0 atom stereocenters. The first-order valence-electron chi connectivity index (χ1n) is 7.27. The Morgan fingerprint density at radius 2 is 1.48 bits per heavy atom. The summed E-state index contributed by atoms with van der Waals surface area (Å²) in [6, 6.07) is 14.9. The van der Waals surface area contributed by atoms with Crippen LogP contribution in [-0.2, 0) is 11.3 Å². The molecule has 0 fully saturated rings. The smallest absolute Gasteiger partial charge is 0.260 e. The van der Waals surface area contributed by atoms with Crippen LogP contribution in [0.3, 0.4) is 0 Å². The molecule has 2 rings (SSSR count). The summed E-state index contributed by atoms with van der Waals surface area (Å²) >= 11 is 0. The number of hydrogen-bond acceptors (Lipinski definition) is 4. The molecular weight excluding hydrogens is 294 g/mol. The van der Waals surface area contributed by atoms with Crippen LogP contribution >= 0.6 is 0 Å². The molecule has 0 unspecified atom stereocenters. The predicted molar refractivity (Wildman–Crippen MR) is 88.0 cm³/mol. The third kappa shape index (κ3) is 4.39. The van der Waals surface area contributed by atoms with E-state index in [0.29, 0.717) is 18.0 Å². The highest BCUT2D eigenvalue weighted by molar-refractivity contribution is 5.77. The van der Waals surface area contributed by atoms with Crippen LogP contribution in [0.2, 0.25) is 0 Å². The Bertz CT molecular complexity index is 657. The molecule has 0 heterocycles. The van der Waals surface area contributed by atoms with Gasteiger partial charge in [-0.2, -0.15) is 0 Å². The van der Waals surface area contributed by atoms with Gasteiger partial charge in [-0.3, -0.25) is 4.79 Å². The summed E-state index contributed by atoms with van der Waals surface area (Å²) in [7, 11) is 4.92. The summed E-state index contributed by atoms with van der Waals surface area (Å²) in [6.45, 7) is 0.407. The molecule has 122 valence electrons. The summed E-state index contributed by atoms with van der Waals surface area (Å²) in [6.07, 6.45) is 0. The lowest BCUT2D eigenvalue weighted by Crippen LogP contribution is -2.31. The number of amides is 1. The Labute approximate surface area is 136 Å². The second-order valence-corrected chi connectivity index (χ2v) is 5.00. The van der Waals surface area contributed by atoms with Crippen molar-refractivity contribution in [3.8, 4) is 17.2 Å². The summed E-state index contributed by atoms with van der Waals surface area (Å²) < 4.78 is 16.1. The first-order chi connectivity index (χ1) is 11.2. The van der Waals surface area contributed by atoms with Crippen LogP contribution in [-0.4, -0.2) is 38.7 Å². The van der Waals surface area contributed by atoms with Crippen molar-refractivity contribution in [1.29, 1.82) is 0 Å². The fraction of sp³-hybridized carbons (Fsp3) is 0.278. The Balaban J connectivity index is 1.95. The van der Waals surface area contributed by atoms with Crippen LogP contribution in [0.25, 0.3) is 0 Å². The molecule has 0 aromatic heterocycles. The lowest BCUT2D eigenvalue weighted by atomic mass is 10.2. The van der Waals surface area contributed by atoms with Gasteiger partial charge in [-0.15, -0.1) is 0 Å². The lowest BCUT2D eigenvalue weighted by Gasteiger charge is -2.19. The topological polar surface area (TPSA) is 48.0 Å². The monoisotopic (exact) mass is 315 g/mol. The van der Waals surface area contributed by atoms with E-state index in [2.05, 4.69) is 0 Å². The Morgan fingerprint density at radius 1 is 0.913 bits per heavy atom. The lowest BCUT2D eigenvalue weighted by molar-refractivity contribution is -0.132. The van der Waals surface area contributed by atoms with Gasteiger partial charge >= 0.3 is 0 Å². The largest absolute Gasteiger partial charge is 0.496 e. The standard InChI is InChI=1S/C18H21NO4/c1-19(12-14-8-4-5-9-15(14)21-2)18(20)13-23-17-11-7-6-10-16(17)22-3/h4-11H,12-13H2,1-3H3. The second-order valence-electron chi connectivity index (χ2n) is 5.00. The van der Waals surface area contributed by atoms with Crippen molar-refractivity contribution in [2.75, 3.05) is 27.9 Å². The molecule has 5 nitrogen and oxygen atoms in total. The van der Waals surface area contributed by atoms with Gasteiger partial charge in [0.1, 0.15) is 5.75 Å². The minimum Gasteiger partial charge on any atom is -0.496 e. The van der Waals surface area contributed by atoms with Gasteiger partial charge < -0.3 is 19.1 Å². The maximum atomic E-state index is 12.2. The number of methoxy groups -OCH3 is 2. The molecule has 5 heteroatoms. The molecule has 2 aromatic rings. The summed E-state index contributed by atoms with van der Waals surface area (Å²) in [5, 5.41) is 0. The third-order valence-corrected chi connectivity index (χ3v) is 3.45. The van der Waals surface area contributed by atoms with Crippen molar-refractivity contribution in [1.82, 2.24) is 4.90 Å². The molecule has 0 radical (unpaired) electrons. The summed E-state index contributed by atoms with van der Waals surface area (Å²) in [4.78, 5) is 13.8. The third-order valence-electron chi connectivity index (χ3n) is 3.45. The Hall–Kier alpha value is -2.69. The fourth-order valence-corrected chi connectivity index (χ4v) is 2.17. The van der Waals surface area contributed by atoms with Crippen LogP contribution in [0.1, 0.15) is 5.56 Å². The molecular formula is C18H21NO4. The van der Waals surface area contributed by atoms with Gasteiger partial charge in [0.2, 0.25) is 0 Å². The number of benzene rings is 2. The van der Waals surface area contributed by atoms with E-state index in [1.165, 1.54) is 0 Å². The molecule has 0 bridgehead atoms. The SMILES string of the molecule is COc1ccccc1CN(C)C(=O)COc1ccccc1OC. The van der Waals surface area contributed by atoms with Crippen LogP contribution in [0.4, 0.5) is 0 Å². The highest BCUT2D eigenvalue weighted by Gasteiger charge is 2.13. The first-order valence-corrected chi connectivity index (χ1v) is 7.27. The average molecular weight is 315 g/mol. The minimum absolute atomic E-state index is 0.0496. The summed E-state index contributed by atoms with van der Waals surface area (Å²) in [5.74, 6) is 1.79. The Morgan fingerprint density at radius 3 is 2.13 bits per heavy atom. The van der Waals surface area contributed by atoms with Crippen LogP contribution in [0.15, 0.2) is 48.5 Å². The normalized spacial score (nSPS) is 10.0. The van der Waals surface area contributed by atoms with E-state index in [0.717, 1.165) is 11.3 Å².